The first-order chi connectivity index (χ1) is 15.3. The molecule has 0 spiro atoms. The zero-order valence-electron chi connectivity index (χ0n) is 17.4. The molecule has 1 amide bonds. The number of carbonyl (C=O) groups is 1. The van der Waals surface area contributed by atoms with E-state index in [9.17, 15) is 18.3 Å². The monoisotopic (exact) mass is 474 g/mol. The minimum absolute atomic E-state index is 0.0372. The van der Waals surface area contributed by atoms with Gasteiger partial charge in [0.2, 0.25) is 0 Å². The number of aromatic nitrogens is 1. The Labute approximate surface area is 192 Å². The number of hydrogen-bond donors (Lipinski definition) is 1. The second-order valence-electron chi connectivity index (χ2n) is 6.95. The Bertz CT molecular complexity index is 1140. The average Bonchev–Trinajstić information content (AvgIpc) is 2.78. The second-order valence-corrected chi connectivity index (χ2v) is 9.25. The van der Waals surface area contributed by atoms with Gasteiger partial charge in [-0.2, -0.15) is 0 Å². The molecule has 0 radical (unpaired) electrons. The first-order valence-electron chi connectivity index (χ1n) is 9.97. The number of phenols is 1. The van der Waals surface area contributed by atoms with Gasteiger partial charge in [-0.25, -0.2) is 17.5 Å². The largest absolute Gasteiger partial charge is 0.508 e. The van der Waals surface area contributed by atoms with E-state index in [0.717, 1.165) is 15.4 Å². The molecular weight excluding hydrogens is 452 g/mol. The van der Waals surface area contributed by atoms with Crippen LogP contribution in [0.15, 0.2) is 78.0 Å². The molecule has 0 saturated heterocycles. The van der Waals surface area contributed by atoms with E-state index in [1.54, 1.807) is 49.6 Å². The summed E-state index contributed by atoms with van der Waals surface area (Å²) in [6.07, 6.45) is 2.67. The molecule has 9 heteroatoms. The third-order valence-corrected chi connectivity index (χ3v) is 6.91. The quantitative estimate of drug-likeness (QED) is 0.503. The highest BCUT2D eigenvalue weighted by molar-refractivity contribution is 7.89. The number of ether oxygens (including phenoxy) is 1. The van der Waals surface area contributed by atoms with E-state index in [4.69, 9.17) is 16.3 Å². The molecule has 1 unspecified atom stereocenters. The predicted molar refractivity (Wildman–Crippen MR) is 121 cm³/mol. The van der Waals surface area contributed by atoms with Gasteiger partial charge in [-0.05, 0) is 66.9 Å². The van der Waals surface area contributed by atoms with E-state index in [1.165, 1.54) is 24.3 Å². The fourth-order valence-corrected chi connectivity index (χ4v) is 4.75. The lowest BCUT2D eigenvalue weighted by molar-refractivity contribution is 0.130. The Morgan fingerprint density at radius 2 is 1.78 bits per heavy atom. The first-order valence-corrected chi connectivity index (χ1v) is 11.8. The predicted octanol–water partition coefficient (Wildman–Crippen LogP) is 4.81. The Balaban J connectivity index is 1.94. The molecule has 1 aromatic heterocycles. The van der Waals surface area contributed by atoms with Crippen molar-refractivity contribution < 1.29 is 23.1 Å². The number of hydrogen-bond acceptors (Lipinski definition) is 6. The lowest BCUT2D eigenvalue weighted by Crippen LogP contribution is -2.38. The number of phenolic OH excluding ortho intramolecular Hbond substituents is 1. The highest BCUT2D eigenvalue weighted by Crippen LogP contribution is 2.30. The summed E-state index contributed by atoms with van der Waals surface area (Å²) < 4.78 is 32.2. The van der Waals surface area contributed by atoms with Crippen molar-refractivity contribution in [2.24, 2.45) is 0 Å². The Kier molecular flexibility index (Phi) is 7.71. The normalized spacial score (nSPS) is 12.2. The van der Waals surface area contributed by atoms with Crippen LogP contribution in [0.1, 0.15) is 30.4 Å². The van der Waals surface area contributed by atoms with Crippen LogP contribution in [0.5, 0.6) is 5.75 Å². The van der Waals surface area contributed by atoms with Gasteiger partial charge >= 0.3 is 6.09 Å². The highest BCUT2D eigenvalue weighted by atomic mass is 35.5. The van der Waals surface area contributed by atoms with Crippen molar-refractivity contribution in [3.8, 4) is 5.75 Å². The van der Waals surface area contributed by atoms with Gasteiger partial charge in [0.25, 0.3) is 10.0 Å². The van der Waals surface area contributed by atoms with Crippen LogP contribution in [0.3, 0.4) is 0 Å². The first kappa shape index (κ1) is 23.6. The summed E-state index contributed by atoms with van der Waals surface area (Å²) in [6, 6.07) is 15.9. The lowest BCUT2D eigenvalue weighted by atomic mass is 9.89. The molecule has 0 aliphatic carbocycles. The molecule has 2 aromatic carbocycles. The number of rotatable bonds is 8. The number of pyridine rings is 1. The summed E-state index contributed by atoms with van der Waals surface area (Å²) in [5, 5.41) is 10.0. The third kappa shape index (κ3) is 5.57. The minimum atomic E-state index is -4.16. The Morgan fingerprint density at radius 3 is 2.38 bits per heavy atom. The van der Waals surface area contributed by atoms with Crippen LogP contribution in [-0.4, -0.2) is 42.1 Å². The maximum Gasteiger partial charge on any atom is 0.423 e. The Morgan fingerprint density at radius 1 is 1.09 bits per heavy atom. The maximum absolute atomic E-state index is 13.2. The van der Waals surface area contributed by atoms with Crippen molar-refractivity contribution in [1.29, 1.82) is 0 Å². The van der Waals surface area contributed by atoms with Crippen molar-refractivity contribution in [3.05, 3.63) is 89.2 Å². The van der Waals surface area contributed by atoms with Gasteiger partial charge in [0.15, 0.2) is 0 Å². The summed E-state index contributed by atoms with van der Waals surface area (Å²) in [7, 11) is -4.16. The van der Waals surface area contributed by atoms with Crippen LogP contribution in [0, 0.1) is 0 Å². The smallest absolute Gasteiger partial charge is 0.423 e. The molecule has 3 rings (SSSR count). The summed E-state index contributed by atoms with van der Waals surface area (Å²) in [5.74, 6) is -0.140. The van der Waals surface area contributed by atoms with Crippen LogP contribution in [0.2, 0.25) is 5.02 Å². The van der Waals surface area contributed by atoms with Crippen LogP contribution in [-0.2, 0) is 14.8 Å². The van der Waals surface area contributed by atoms with Crippen molar-refractivity contribution in [3.63, 3.8) is 0 Å². The van der Waals surface area contributed by atoms with Gasteiger partial charge in [-0.3, -0.25) is 4.98 Å². The number of nitrogens with zero attached hydrogens (tertiary/aromatic N) is 2. The van der Waals surface area contributed by atoms with E-state index in [2.05, 4.69) is 4.98 Å². The topological polar surface area (TPSA) is 96.8 Å². The van der Waals surface area contributed by atoms with E-state index >= 15 is 0 Å². The summed E-state index contributed by atoms with van der Waals surface area (Å²) in [4.78, 5) is 16.7. The lowest BCUT2D eigenvalue weighted by Gasteiger charge is -2.25. The van der Waals surface area contributed by atoms with Crippen LogP contribution >= 0.6 is 11.6 Å². The number of halogens is 1. The summed E-state index contributed by atoms with van der Waals surface area (Å²) in [6.45, 7) is 1.53. The van der Waals surface area contributed by atoms with Crippen LogP contribution < -0.4 is 0 Å². The SMILES string of the molecule is CCOC(=O)N(CCC(c1ccc(O)cc1)c1cccnc1)S(=O)(=O)c1ccc(Cl)cc1. The highest BCUT2D eigenvalue weighted by Gasteiger charge is 2.31. The number of sulfonamides is 1. The zero-order valence-corrected chi connectivity index (χ0v) is 19.0. The minimum Gasteiger partial charge on any atom is -0.508 e. The van der Waals surface area contributed by atoms with Crippen LogP contribution in [0.4, 0.5) is 4.79 Å². The molecule has 1 heterocycles. The van der Waals surface area contributed by atoms with E-state index in [-0.39, 0.29) is 36.1 Å². The molecule has 0 aliphatic rings. The maximum atomic E-state index is 13.2. The van der Waals surface area contributed by atoms with Crippen LogP contribution in [0.25, 0.3) is 0 Å². The fraction of sp³-hybridized carbons (Fsp3) is 0.217. The molecule has 0 aliphatic heterocycles. The van der Waals surface area contributed by atoms with Gasteiger partial charge in [0.1, 0.15) is 5.75 Å². The number of carbonyl (C=O) groups excluding carboxylic acids is 1. The number of amides is 1. The van der Waals surface area contributed by atoms with Gasteiger partial charge in [-0.1, -0.05) is 29.8 Å². The molecule has 7 nitrogen and oxygen atoms in total. The molecule has 0 fully saturated rings. The van der Waals surface area contributed by atoms with Crippen molar-refractivity contribution in [2.45, 2.75) is 24.2 Å². The van der Waals surface area contributed by atoms with E-state index in [1.807, 2.05) is 6.07 Å². The van der Waals surface area contributed by atoms with Crippen molar-refractivity contribution >= 4 is 27.7 Å². The van der Waals surface area contributed by atoms with Gasteiger partial charge in [0.05, 0.1) is 11.5 Å². The van der Waals surface area contributed by atoms with Gasteiger partial charge in [-0.15, -0.1) is 0 Å². The molecule has 32 heavy (non-hydrogen) atoms. The Hall–Kier alpha value is -3.10. The summed E-state index contributed by atoms with van der Waals surface area (Å²) in [5.41, 5.74) is 1.70. The fourth-order valence-electron chi connectivity index (χ4n) is 3.30. The van der Waals surface area contributed by atoms with E-state index in [0.29, 0.717) is 5.02 Å². The molecule has 0 saturated carbocycles. The number of benzene rings is 2. The molecule has 1 atom stereocenters. The average molecular weight is 475 g/mol. The molecule has 1 N–H and O–H groups in total. The third-order valence-electron chi connectivity index (χ3n) is 4.88. The molecule has 3 aromatic rings. The van der Waals surface area contributed by atoms with Gasteiger partial charge in [0, 0.05) is 29.9 Å². The standard InChI is InChI=1S/C23H23ClN2O5S/c1-2-31-23(28)26(32(29,30)21-11-7-19(24)8-12-21)15-13-22(18-4-3-14-25-16-18)17-5-9-20(27)10-6-17/h3-12,14,16,22,27H,2,13,15H2,1H3. The van der Waals surface area contributed by atoms with Crippen molar-refractivity contribution in [1.82, 2.24) is 9.29 Å². The molecule has 0 bridgehead atoms. The number of aromatic hydroxyl groups is 1. The molecular formula is C23H23ClN2O5S. The summed E-state index contributed by atoms with van der Waals surface area (Å²) >= 11 is 5.88. The zero-order chi connectivity index (χ0) is 23.1. The van der Waals surface area contributed by atoms with E-state index < -0.39 is 16.1 Å². The second kappa shape index (κ2) is 10.5. The van der Waals surface area contributed by atoms with Gasteiger partial charge < -0.3 is 9.84 Å². The van der Waals surface area contributed by atoms with Crippen molar-refractivity contribution in [2.75, 3.05) is 13.2 Å². The molecule has 168 valence electrons.